The van der Waals surface area contributed by atoms with Gasteiger partial charge in [-0.3, -0.25) is 4.79 Å². The van der Waals surface area contributed by atoms with Crippen molar-refractivity contribution >= 4 is 17.5 Å². The molecule has 0 spiro atoms. The molecule has 0 heterocycles. The molecule has 0 saturated heterocycles. The number of hydrogen-bond acceptors (Lipinski definition) is 3. The fraction of sp³-hybridized carbons (Fsp3) is 0.562. The van der Waals surface area contributed by atoms with Gasteiger partial charge in [0.15, 0.2) is 0 Å². The van der Waals surface area contributed by atoms with Crippen LogP contribution in [0.2, 0.25) is 0 Å². The van der Waals surface area contributed by atoms with Crippen LogP contribution < -0.4 is 14.8 Å². The predicted octanol–water partition coefficient (Wildman–Crippen LogP) is 3.43. The highest BCUT2D eigenvalue weighted by Crippen LogP contribution is 2.33. The maximum atomic E-state index is 12.3. The molecule has 1 N–H and O–H groups in total. The highest BCUT2D eigenvalue weighted by atomic mass is 35.5. The van der Waals surface area contributed by atoms with Crippen molar-refractivity contribution in [3.8, 4) is 11.5 Å². The average Bonchev–Trinajstić information content (AvgIpc) is 2.54. The zero-order chi connectivity index (χ0) is 15.2. The molecule has 1 fully saturated rings. The zero-order valence-electron chi connectivity index (χ0n) is 12.5. The second-order valence-electron chi connectivity index (χ2n) is 5.31. The van der Waals surface area contributed by atoms with E-state index in [0.717, 1.165) is 12.8 Å². The molecule has 1 unspecified atom stereocenters. The van der Waals surface area contributed by atoms with Crippen molar-refractivity contribution in [2.75, 3.05) is 14.2 Å². The summed E-state index contributed by atoms with van der Waals surface area (Å²) in [5.74, 6) is 1.08. The van der Waals surface area contributed by atoms with Crippen LogP contribution in [0.1, 0.15) is 43.0 Å². The van der Waals surface area contributed by atoms with Crippen LogP contribution in [0.15, 0.2) is 18.2 Å². The third kappa shape index (κ3) is 4.03. The predicted molar refractivity (Wildman–Crippen MR) is 83.2 cm³/mol. The number of halogens is 1. The number of carbonyl (C=O) groups is 1. The molecular weight excluding hydrogens is 290 g/mol. The molecule has 2 rings (SSSR count). The zero-order valence-corrected chi connectivity index (χ0v) is 13.3. The highest BCUT2D eigenvalue weighted by molar-refractivity contribution is 6.31. The Bertz CT molecular complexity index is 486. The summed E-state index contributed by atoms with van der Waals surface area (Å²) in [6, 6.07) is 5.53. The number of amides is 1. The van der Waals surface area contributed by atoms with Crippen molar-refractivity contribution in [1.82, 2.24) is 5.32 Å². The summed E-state index contributed by atoms with van der Waals surface area (Å²) in [5.41, 5.74) is 0.660. The van der Waals surface area contributed by atoms with Crippen LogP contribution in [0.5, 0.6) is 11.5 Å². The van der Waals surface area contributed by atoms with Crippen molar-refractivity contribution in [2.45, 2.75) is 43.5 Å². The Hall–Kier alpha value is -1.42. The molecule has 1 amide bonds. The molecule has 1 atom stereocenters. The van der Waals surface area contributed by atoms with Gasteiger partial charge in [0.25, 0.3) is 0 Å². The number of rotatable bonds is 5. The van der Waals surface area contributed by atoms with Gasteiger partial charge in [0.2, 0.25) is 5.91 Å². The molecule has 1 saturated carbocycles. The van der Waals surface area contributed by atoms with Gasteiger partial charge in [-0.05, 0) is 25.0 Å². The number of ether oxygens (including phenoxy) is 2. The minimum Gasteiger partial charge on any atom is -0.497 e. The van der Waals surface area contributed by atoms with E-state index in [4.69, 9.17) is 21.1 Å². The standard InChI is InChI=1S/C16H22ClNO3/c1-20-12-8-9-13(14(10-12)21-2)15(17)16(19)18-11-6-4-3-5-7-11/h8-11,15H,3-7H2,1-2H3,(H,18,19). The molecule has 0 aromatic heterocycles. The molecule has 1 aliphatic rings. The number of benzene rings is 1. The Morgan fingerprint density at radius 3 is 2.57 bits per heavy atom. The quantitative estimate of drug-likeness (QED) is 0.847. The van der Waals surface area contributed by atoms with Gasteiger partial charge in [-0.1, -0.05) is 19.3 Å². The fourth-order valence-corrected chi connectivity index (χ4v) is 2.93. The van der Waals surface area contributed by atoms with Crippen LogP contribution in [0.4, 0.5) is 0 Å². The van der Waals surface area contributed by atoms with Gasteiger partial charge in [-0.15, -0.1) is 11.6 Å². The molecule has 5 heteroatoms. The second-order valence-corrected chi connectivity index (χ2v) is 5.75. The summed E-state index contributed by atoms with van der Waals surface area (Å²) < 4.78 is 10.5. The van der Waals surface area contributed by atoms with Crippen molar-refractivity contribution in [3.05, 3.63) is 23.8 Å². The average molecular weight is 312 g/mol. The first-order chi connectivity index (χ1) is 10.2. The SMILES string of the molecule is COc1ccc(C(Cl)C(=O)NC2CCCCC2)c(OC)c1. The minimum absolute atomic E-state index is 0.160. The molecule has 1 aromatic rings. The number of alkyl halides is 1. The van der Waals surface area contributed by atoms with Gasteiger partial charge in [0.1, 0.15) is 16.9 Å². The van der Waals surface area contributed by atoms with Gasteiger partial charge in [0.05, 0.1) is 14.2 Å². The Morgan fingerprint density at radius 2 is 1.95 bits per heavy atom. The van der Waals surface area contributed by atoms with Crippen LogP contribution in [0.25, 0.3) is 0 Å². The van der Waals surface area contributed by atoms with Crippen LogP contribution in [-0.4, -0.2) is 26.2 Å². The van der Waals surface area contributed by atoms with E-state index < -0.39 is 5.38 Å². The lowest BCUT2D eigenvalue weighted by Gasteiger charge is -2.24. The van der Waals surface area contributed by atoms with Gasteiger partial charge in [-0.2, -0.15) is 0 Å². The number of nitrogens with one attached hydrogen (secondary N) is 1. The molecule has 0 aliphatic heterocycles. The van der Waals surface area contributed by atoms with Gasteiger partial charge in [-0.25, -0.2) is 0 Å². The van der Waals surface area contributed by atoms with E-state index in [1.165, 1.54) is 19.3 Å². The van der Waals surface area contributed by atoms with Crippen molar-refractivity contribution in [3.63, 3.8) is 0 Å². The highest BCUT2D eigenvalue weighted by Gasteiger charge is 2.24. The van der Waals surface area contributed by atoms with E-state index in [2.05, 4.69) is 5.32 Å². The molecule has 1 aromatic carbocycles. The lowest BCUT2D eigenvalue weighted by atomic mass is 9.95. The summed E-state index contributed by atoms with van der Waals surface area (Å²) in [6.45, 7) is 0. The van der Waals surface area contributed by atoms with E-state index in [9.17, 15) is 4.79 Å². The second kappa shape index (κ2) is 7.55. The number of hydrogen-bond donors (Lipinski definition) is 1. The summed E-state index contributed by atoms with van der Waals surface area (Å²) in [5, 5.41) is 2.28. The van der Waals surface area contributed by atoms with E-state index in [1.807, 2.05) is 0 Å². The van der Waals surface area contributed by atoms with Crippen molar-refractivity contribution < 1.29 is 14.3 Å². The molecule has 0 radical (unpaired) electrons. The smallest absolute Gasteiger partial charge is 0.242 e. The van der Waals surface area contributed by atoms with Crippen LogP contribution in [-0.2, 0) is 4.79 Å². The third-order valence-electron chi connectivity index (χ3n) is 3.90. The number of carbonyl (C=O) groups excluding carboxylic acids is 1. The first-order valence-electron chi connectivity index (χ1n) is 7.32. The summed E-state index contributed by atoms with van der Waals surface area (Å²) >= 11 is 6.32. The molecule has 1 aliphatic carbocycles. The minimum atomic E-state index is -0.757. The van der Waals surface area contributed by atoms with E-state index in [1.54, 1.807) is 32.4 Å². The number of methoxy groups -OCH3 is 2. The van der Waals surface area contributed by atoms with E-state index >= 15 is 0 Å². The topological polar surface area (TPSA) is 47.6 Å². The molecule has 0 bridgehead atoms. The largest absolute Gasteiger partial charge is 0.497 e. The van der Waals surface area contributed by atoms with E-state index in [0.29, 0.717) is 17.1 Å². The Morgan fingerprint density at radius 1 is 1.24 bits per heavy atom. The molecular formula is C16H22ClNO3. The lowest BCUT2D eigenvalue weighted by Crippen LogP contribution is -2.38. The maximum absolute atomic E-state index is 12.3. The lowest BCUT2D eigenvalue weighted by molar-refractivity contribution is -0.121. The summed E-state index contributed by atoms with van der Waals surface area (Å²) in [6.07, 6.45) is 5.67. The summed E-state index contributed by atoms with van der Waals surface area (Å²) in [4.78, 5) is 12.3. The normalized spacial score (nSPS) is 17.1. The van der Waals surface area contributed by atoms with Gasteiger partial charge >= 0.3 is 0 Å². The first-order valence-corrected chi connectivity index (χ1v) is 7.75. The van der Waals surface area contributed by atoms with Crippen molar-refractivity contribution in [2.24, 2.45) is 0 Å². The third-order valence-corrected chi connectivity index (χ3v) is 4.33. The fourth-order valence-electron chi connectivity index (χ4n) is 2.69. The van der Waals surface area contributed by atoms with Crippen molar-refractivity contribution in [1.29, 1.82) is 0 Å². The van der Waals surface area contributed by atoms with Crippen LogP contribution >= 0.6 is 11.6 Å². The first kappa shape index (κ1) is 16.0. The molecule has 21 heavy (non-hydrogen) atoms. The summed E-state index contributed by atoms with van der Waals surface area (Å²) in [7, 11) is 3.14. The molecule has 4 nitrogen and oxygen atoms in total. The molecule has 116 valence electrons. The monoisotopic (exact) mass is 311 g/mol. The Labute approximate surface area is 130 Å². The Kier molecular flexibility index (Phi) is 5.74. The van der Waals surface area contributed by atoms with Crippen LogP contribution in [0.3, 0.4) is 0 Å². The van der Waals surface area contributed by atoms with Gasteiger partial charge < -0.3 is 14.8 Å². The van der Waals surface area contributed by atoms with E-state index in [-0.39, 0.29) is 11.9 Å². The maximum Gasteiger partial charge on any atom is 0.242 e. The van der Waals surface area contributed by atoms with Gasteiger partial charge in [0, 0.05) is 17.7 Å². The Balaban J connectivity index is 2.07. The van der Waals surface area contributed by atoms with Crippen LogP contribution in [0, 0.1) is 0 Å².